The van der Waals surface area contributed by atoms with Gasteiger partial charge < -0.3 is 4.74 Å². The summed E-state index contributed by atoms with van der Waals surface area (Å²) in [6, 6.07) is 18.5. The molecule has 0 amide bonds. The van der Waals surface area contributed by atoms with Gasteiger partial charge in [-0.15, -0.1) is 0 Å². The fraction of sp³-hybridized carbons (Fsp3) is 0.316. The fourth-order valence-corrected chi connectivity index (χ4v) is 2.39. The minimum absolute atomic E-state index is 0.0399. The molecule has 21 heavy (non-hydrogen) atoms. The number of aryl methyl sites for hydroxylation is 1. The fourth-order valence-electron chi connectivity index (χ4n) is 2.39. The van der Waals surface area contributed by atoms with E-state index in [1.165, 1.54) is 5.56 Å². The van der Waals surface area contributed by atoms with Crippen LogP contribution in [0.4, 0.5) is 0 Å². The van der Waals surface area contributed by atoms with Crippen LogP contribution in [0.15, 0.2) is 54.6 Å². The van der Waals surface area contributed by atoms with E-state index >= 15 is 0 Å². The van der Waals surface area contributed by atoms with Crippen molar-refractivity contribution in [3.8, 4) is 0 Å². The first kappa shape index (κ1) is 15.3. The Morgan fingerprint density at radius 2 is 1.52 bits per heavy atom. The lowest BCUT2D eigenvalue weighted by Crippen LogP contribution is -2.15. The van der Waals surface area contributed by atoms with Crippen molar-refractivity contribution in [3.05, 3.63) is 71.3 Å². The van der Waals surface area contributed by atoms with Crippen LogP contribution >= 0.6 is 0 Å². The molecule has 1 atom stereocenters. The third-order valence-corrected chi connectivity index (χ3v) is 3.42. The Balaban J connectivity index is 2.27. The van der Waals surface area contributed by atoms with Crippen molar-refractivity contribution >= 4 is 5.97 Å². The zero-order chi connectivity index (χ0) is 15.2. The van der Waals surface area contributed by atoms with Crippen LogP contribution in [0, 0.1) is 6.92 Å². The lowest BCUT2D eigenvalue weighted by molar-refractivity contribution is -0.147. The molecule has 2 aromatic carbocycles. The van der Waals surface area contributed by atoms with Crippen LogP contribution in [0.5, 0.6) is 0 Å². The topological polar surface area (TPSA) is 26.3 Å². The molecule has 0 aromatic heterocycles. The first-order chi connectivity index (χ1) is 10.1. The van der Waals surface area contributed by atoms with Crippen molar-refractivity contribution in [2.75, 3.05) is 0 Å². The summed E-state index contributed by atoms with van der Waals surface area (Å²) in [4.78, 5) is 12.1. The highest BCUT2D eigenvalue weighted by Gasteiger charge is 2.19. The SMILES string of the molecule is Cc1ccc(C(CC(=O)OC(C)C)c2ccccc2)cc1. The predicted molar refractivity (Wildman–Crippen MR) is 85.3 cm³/mol. The monoisotopic (exact) mass is 282 g/mol. The van der Waals surface area contributed by atoms with Gasteiger partial charge in [0.2, 0.25) is 0 Å². The second kappa shape index (κ2) is 7.07. The molecule has 0 aliphatic heterocycles. The predicted octanol–water partition coefficient (Wildman–Crippen LogP) is 4.47. The molecule has 0 radical (unpaired) electrons. The smallest absolute Gasteiger partial charge is 0.306 e. The molecule has 2 nitrogen and oxygen atoms in total. The summed E-state index contributed by atoms with van der Waals surface area (Å²) in [5.41, 5.74) is 3.50. The van der Waals surface area contributed by atoms with E-state index in [4.69, 9.17) is 4.74 Å². The number of hydrogen-bond acceptors (Lipinski definition) is 2. The molecule has 0 heterocycles. The molecule has 0 aliphatic rings. The molecule has 110 valence electrons. The van der Waals surface area contributed by atoms with E-state index in [0.717, 1.165) is 11.1 Å². The summed E-state index contributed by atoms with van der Waals surface area (Å²) in [6.45, 7) is 5.82. The number of carbonyl (C=O) groups is 1. The number of esters is 1. The number of rotatable bonds is 5. The van der Waals surface area contributed by atoms with Gasteiger partial charge in [0.05, 0.1) is 12.5 Å². The maximum absolute atomic E-state index is 12.1. The molecule has 0 aliphatic carbocycles. The quantitative estimate of drug-likeness (QED) is 0.756. The highest BCUT2D eigenvalue weighted by Crippen LogP contribution is 2.28. The van der Waals surface area contributed by atoms with Gasteiger partial charge in [-0.25, -0.2) is 0 Å². The summed E-state index contributed by atoms with van der Waals surface area (Å²) in [6.07, 6.45) is 0.289. The maximum Gasteiger partial charge on any atom is 0.306 e. The van der Waals surface area contributed by atoms with E-state index in [1.807, 2.05) is 32.0 Å². The van der Waals surface area contributed by atoms with Crippen LogP contribution < -0.4 is 0 Å². The first-order valence-corrected chi connectivity index (χ1v) is 7.37. The molecule has 1 unspecified atom stereocenters. The van der Waals surface area contributed by atoms with Gasteiger partial charge >= 0.3 is 5.97 Å². The Labute approximate surface area is 126 Å². The van der Waals surface area contributed by atoms with Crippen LogP contribution in [0.3, 0.4) is 0 Å². The van der Waals surface area contributed by atoms with Crippen molar-refractivity contribution in [1.82, 2.24) is 0 Å². The Hall–Kier alpha value is -2.09. The van der Waals surface area contributed by atoms with Crippen molar-refractivity contribution in [1.29, 1.82) is 0 Å². The normalized spacial score (nSPS) is 12.2. The van der Waals surface area contributed by atoms with Gasteiger partial charge in [0.1, 0.15) is 0 Å². The molecule has 0 fully saturated rings. The highest BCUT2D eigenvalue weighted by molar-refractivity contribution is 5.71. The van der Waals surface area contributed by atoms with Gasteiger partial charge in [-0.3, -0.25) is 4.79 Å². The Morgan fingerprint density at radius 1 is 0.952 bits per heavy atom. The average Bonchev–Trinajstić information content (AvgIpc) is 2.46. The standard InChI is InChI=1S/C19H22O2/c1-14(2)21-19(20)13-18(16-7-5-4-6-8-16)17-11-9-15(3)10-12-17/h4-12,14,18H,13H2,1-3H3. The highest BCUT2D eigenvalue weighted by atomic mass is 16.5. The summed E-state index contributed by atoms with van der Waals surface area (Å²) in [5, 5.41) is 0. The number of carbonyl (C=O) groups excluding carboxylic acids is 1. The van der Waals surface area contributed by atoms with Crippen LogP contribution in [-0.2, 0) is 9.53 Å². The summed E-state index contributed by atoms with van der Waals surface area (Å²) < 4.78 is 5.31. The number of benzene rings is 2. The van der Waals surface area contributed by atoms with Crippen LogP contribution in [-0.4, -0.2) is 12.1 Å². The first-order valence-electron chi connectivity index (χ1n) is 7.37. The van der Waals surface area contributed by atoms with E-state index in [0.29, 0.717) is 6.42 Å². The average molecular weight is 282 g/mol. The second-order valence-electron chi connectivity index (χ2n) is 5.62. The molecule has 2 aromatic rings. The van der Waals surface area contributed by atoms with E-state index in [-0.39, 0.29) is 18.0 Å². The van der Waals surface area contributed by atoms with Gasteiger partial charge in [0.15, 0.2) is 0 Å². The van der Waals surface area contributed by atoms with Gasteiger partial charge in [-0.2, -0.15) is 0 Å². The third-order valence-electron chi connectivity index (χ3n) is 3.42. The maximum atomic E-state index is 12.1. The van der Waals surface area contributed by atoms with Crippen LogP contribution in [0.2, 0.25) is 0 Å². The molecular formula is C19H22O2. The second-order valence-corrected chi connectivity index (χ2v) is 5.62. The Bertz CT molecular complexity index is 570. The lowest BCUT2D eigenvalue weighted by atomic mass is 9.88. The lowest BCUT2D eigenvalue weighted by Gasteiger charge is -2.18. The molecule has 0 N–H and O–H groups in total. The third kappa shape index (κ3) is 4.45. The number of ether oxygens (including phenoxy) is 1. The Kier molecular flexibility index (Phi) is 5.15. The molecule has 0 bridgehead atoms. The van der Waals surface area contributed by atoms with Gasteiger partial charge in [-0.1, -0.05) is 60.2 Å². The molecular weight excluding hydrogens is 260 g/mol. The summed E-state index contributed by atoms with van der Waals surface area (Å²) >= 11 is 0. The van der Waals surface area contributed by atoms with Crippen molar-refractivity contribution in [2.24, 2.45) is 0 Å². The largest absolute Gasteiger partial charge is 0.463 e. The Morgan fingerprint density at radius 3 is 2.10 bits per heavy atom. The van der Waals surface area contributed by atoms with E-state index in [9.17, 15) is 4.79 Å². The minimum atomic E-state index is -0.153. The van der Waals surface area contributed by atoms with E-state index in [2.05, 4.69) is 43.3 Å². The number of hydrogen-bond donors (Lipinski definition) is 0. The molecule has 2 heteroatoms. The zero-order valence-electron chi connectivity index (χ0n) is 12.9. The molecule has 0 saturated carbocycles. The van der Waals surface area contributed by atoms with Gasteiger partial charge in [0, 0.05) is 5.92 Å². The molecule has 0 saturated heterocycles. The molecule has 2 rings (SSSR count). The van der Waals surface area contributed by atoms with Gasteiger partial charge in [-0.05, 0) is 31.9 Å². The van der Waals surface area contributed by atoms with E-state index in [1.54, 1.807) is 0 Å². The van der Waals surface area contributed by atoms with E-state index < -0.39 is 0 Å². The summed E-state index contributed by atoms with van der Waals surface area (Å²) in [5.74, 6) is -0.113. The summed E-state index contributed by atoms with van der Waals surface area (Å²) in [7, 11) is 0. The van der Waals surface area contributed by atoms with Gasteiger partial charge in [0.25, 0.3) is 0 Å². The van der Waals surface area contributed by atoms with Crippen molar-refractivity contribution < 1.29 is 9.53 Å². The van der Waals surface area contributed by atoms with Crippen molar-refractivity contribution in [3.63, 3.8) is 0 Å². The van der Waals surface area contributed by atoms with Crippen LogP contribution in [0.25, 0.3) is 0 Å². The van der Waals surface area contributed by atoms with Crippen molar-refractivity contribution in [2.45, 2.75) is 39.2 Å². The minimum Gasteiger partial charge on any atom is -0.463 e. The zero-order valence-corrected chi connectivity index (χ0v) is 12.9. The molecule has 0 spiro atoms. The van der Waals surface area contributed by atoms with Crippen LogP contribution in [0.1, 0.15) is 42.9 Å².